The van der Waals surface area contributed by atoms with Gasteiger partial charge in [0, 0.05) is 18.7 Å². The van der Waals surface area contributed by atoms with Gasteiger partial charge >= 0.3 is 5.97 Å². The number of ether oxygens (including phenoxy) is 1. The SMILES string of the molecule is O=C(O)COCCN1CCc2ccccc2C1=O. The zero-order valence-corrected chi connectivity index (χ0v) is 9.96. The molecular weight excluding hydrogens is 234 g/mol. The Morgan fingerprint density at radius 1 is 1.39 bits per heavy atom. The van der Waals surface area contributed by atoms with E-state index in [1.165, 1.54) is 0 Å². The molecule has 1 aromatic carbocycles. The molecule has 0 aliphatic carbocycles. The first-order chi connectivity index (χ1) is 8.68. The van der Waals surface area contributed by atoms with Crippen LogP contribution in [0.2, 0.25) is 0 Å². The Morgan fingerprint density at radius 3 is 2.94 bits per heavy atom. The van der Waals surface area contributed by atoms with Crippen LogP contribution in [0.4, 0.5) is 0 Å². The molecule has 5 nitrogen and oxygen atoms in total. The monoisotopic (exact) mass is 249 g/mol. The number of hydrogen-bond donors (Lipinski definition) is 1. The number of hydrogen-bond acceptors (Lipinski definition) is 3. The number of carbonyl (C=O) groups is 2. The Balaban J connectivity index is 1.89. The van der Waals surface area contributed by atoms with Crippen molar-refractivity contribution in [3.8, 4) is 0 Å². The van der Waals surface area contributed by atoms with Crippen LogP contribution in [0.1, 0.15) is 15.9 Å². The predicted octanol–water partition coefficient (Wildman–Crippen LogP) is 0.786. The van der Waals surface area contributed by atoms with Crippen LogP contribution in [0, 0.1) is 0 Å². The van der Waals surface area contributed by atoms with Crippen molar-refractivity contribution in [2.45, 2.75) is 6.42 Å². The fourth-order valence-corrected chi connectivity index (χ4v) is 2.02. The summed E-state index contributed by atoms with van der Waals surface area (Å²) in [5.74, 6) is -0.999. The number of rotatable bonds is 5. The van der Waals surface area contributed by atoms with E-state index in [0.717, 1.165) is 17.5 Å². The molecule has 0 radical (unpaired) electrons. The second-order valence-electron chi connectivity index (χ2n) is 4.15. The molecule has 96 valence electrons. The van der Waals surface area contributed by atoms with Gasteiger partial charge in [0.1, 0.15) is 6.61 Å². The summed E-state index contributed by atoms with van der Waals surface area (Å²) in [6.45, 7) is 1.02. The van der Waals surface area contributed by atoms with Gasteiger partial charge in [0.2, 0.25) is 0 Å². The van der Waals surface area contributed by atoms with Gasteiger partial charge in [-0.3, -0.25) is 4.79 Å². The number of fused-ring (bicyclic) bond motifs is 1. The van der Waals surface area contributed by atoms with E-state index in [0.29, 0.717) is 13.1 Å². The zero-order valence-electron chi connectivity index (χ0n) is 9.96. The van der Waals surface area contributed by atoms with Gasteiger partial charge in [0.15, 0.2) is 0 Å². The van der Waals surface area contributed by atoms with Crippen molar-refractivity contribution in [2.24, 2.45) is 0 Å². The molecule has 1 aliphatic heterocycles. The van der Waals surface area contributed by atoms with Gasteiger partial charge in [0.05, 0.1) is 6.61 Å². The van der Waals surface area contributed by atoms with E-state index >= 15 is 0 Å². The molecule has 0 unspecified atom stereocenters. The summed E-state index contributed by atoms with van der Waals surface area (Å²) >= 11 is 0. The highest BCUT2D eigenvalue weighted by Crippen LogP contribution is 2.18. The van der Waals surface area contributed by atoms with Crippen molar-refractivity contribution >= 4 is 11.9 Å². The average molecular weight is 249 g/mol. The Labute approximate surface area is 105 Å². The number of benzene rings is 1. The van der Waals surface area contributed by atoms with Crippen LogP contribution in [-0.4, -0.2) is 48.2 Å². The summed E-state index contributed by atoms with van der Waals surface area (Å²) in [7, 11) is 0. The molecule has 0 fully saturated rings. The fourth-order valence-electron chi connectivity index (χ4n) is 2.02. The lowest BCUT2D eigenvalue weighted by molar-refractivity contribution is -0.142. The average Bonchev–Trinajstić information content (AvgIpc) is 2.37. The first-order valence-corrected chi connectivity index (χ1v) is 5.85. The van der Waals surface area contributed by atoms with E-state index in [4.69, 9.17) is 9.84 Å². The molecule has 0 spiro atoms. The lowest BCUT2D eigenvalue weighted by Gasteiger charge is -2.28. The summed E-state index contributed by atoms with van der Waals surface area (Å²) in [5, 5.41) is 8.43. The van der Waals surface area contributed by atoms with Crippen molar-refractivity contribution in [1.29, 1.82) is 0 Å². The largest absolute Gasteiger partial charge is 0.480 e. The Hall–Kier alpha value is -1.88. The number of carbonyl (C=O) groups excluding carboxylic acids is 1. The second kappa shape index (κ2) is 5.64. The van der Waals surface area contributed by atoms with Crippen molar-refractivity contribution in [3.05, 3.63) is 35.4 Å². The van der Waals surface area contributed by atoms with Crippen LogP contribution in [0.15, 0.2) is 24.3 Å². The van der Waals surface area contributed by atoms with E-state index < -0.39 is 5.97 Å². The highest BCUT2D eigenvalue weighted by Gasteiger charge is 2.23. The van der Waals surface area contributed by atoms with Crippen LogP contribution >= 0.6 is 0 Å². The van der Waals surface area contributed by atoms with Crippen molar-refractivity contribution < 1.29 is 19.4 Å². The highest BCUT2D eigenvalue weighted by molar-refractivity contribution is 5.96. The molecule has 0 saturated carbocycles. The molecule has 1 aliphatic rings. The summed E-state index contributed by atoms with van der Waals surface area (Å²) in [5.41, 5.74) is 1.81. The van der Waals surface area contributed by atoms with Crippen LogP contribution < -0.4 is 0 Å². The lowest BCUT2D eigenvalue weighted by atomic mass is 9.99. The van der Waals surface area contributed by atoms with E-state index in [1.54, 1.807) is 4.90 Å². The van der Waals surface area contributed by atoms with Crippen molar-refractivity contribution in [3.63, 3.8) is 0 Å². The highest BCUT2D eigenvalue weighted by atomic mass is 16.5. The zero-order chi connectivity index (χ0) is 13.0. The molecule has 0 bridgehead atoms. The maximum Gasteiger partial charge on any atom is 0.329 e. The third-order valence-corrected chi connectivity index (χ3v) is 2.92. The molecule has 5 heteroatoms. The summed E-state index contributed by atoms with van der Waals surface area (Å²) in [4.78, 5) is 24.1. The first-order valence-electron chi connectivity index (χ1n) is 5.85. The molecule has 1 heterocycles. The summed E-state index contributed by atoms with van der Waals surface area (Å²) in [6, 6.07) is 7.56. The maximum atomic E-state index is 12.1. The quantitative estimate of drug-likeness (QED) is 0.783. The number of aliphatic carboxylic acids is 1. The molecule has 18 heavy (non-hydrogen) atoms. The fraction of sp³-hybridized carbons (Fsp3) is 0.385. The Morgan fingerprint density at radius 2 is 2.17 bits per heavy atom. The number of nitrogens with zero attached hydrogens (tertiary/aromatic N) is 1. The normalized spacial score (nSPS) is 14.4. The van der Waals surface area contributed by atoms with Gasteiger partial charge in [-0.1, -0.05) is 18.2 Å². The van der Waals surface area contributed by atoms with E-state index in [9.17, 15) is 9.59 Å². The van der Waals surface area contributed by atoms with Crippen molar-refractivity contribution in [1.82, 2.24) is 4.90 Å². The third-order valence-electron chi connectivity index (χ3n) is 2.92. The van der Waals surface area contributed by atoms with Gasteiger partial charge < -0.3 is 14.7 Å². The first kappa shape index (κ1) is 12.6. The minimum atomic E-state index is -0.995. The molecule has 1 aromatic rings. The third kappa shape index (κ3) is 2.87. The van der Waals surface area contributed by atoms with Gasteiger partial charge in [-0.15, -0.1) is 0 Å². The molecule has 1 amide bonds. The summed E-state index contributed by atoms with van der Waals surface area (Å²) in [6.07, 6.45) is 0.834. The van der Waals surface area contributed by atoms with E-state index in [2.05, 4.69) is 0 Å². The minimum Gasteiger partial charge on any atom is -0.480 e. The lowest BCUT2D eigenvalue weighted by Crippen LogP contribution is -2.39. The maximum absolute atomic E-state index is 12.1. The smallest absolute Gasteiger partial charge is 0.329 e. The number of amides is 1. The van der Waals surface area contributed by atoms with Crippen LogP contribution in [-0.2, 0) is 16.0 Å². The van der Waals surface area contributed by atoms with Gasteiger partial charge in [0.25, 0.3) is 5.91 Å². The second-order valence-corrected chi connectivity index (χ2v) is 4.15. The minimum absolute atomic E-state index is 0.00391. The van der Waals surface area contributed by atoms with E-state index in [-0.39, 0.29) is 19.1 Å². The number of carboxylic acid groups (broad SMARTS) is 1. The van der Waals surface area contributed by atoms with Crippen LogP contribution in [0.25, 0.3) is 0 Å². The molecule has 1 N–H and O–H groups in total. The molecule has 0 atom stereocenters. The topological polar surface area (TPSA) is 66.8 Å². The van der Waals surface area contributed by atoms with E-state index in [1.807, 2.05) is 24.3 Å². The molecule has 2 rings (SSSR count). The molecule has 0 aromatic heterocycles. The van der Waals surface area contributed by atoms with Gasteiger partial charge in [-0.05, 0) is 18.1 Å². The van der Waals surface area contributed by atoms with Crippen LogP contribution in [0.5, 0.6) is 0 Å². The standard InChI is InChI=1S/C13H15NO4/c15-12(16)9-18-8-7-14-6-5-10-3-1-2-4-11(10)13(14)17/h1-4H,5-9H2,(H,15,16). The Kier molecular flexibility index (Phi) is 3.94. The van der Waals surface area contributed by atoms with Gasteiger partial charge in [-0.25, -0.2) is 4.79 Å². The predicted molar refractivity (Wildman–Crippen MR) is 64.5 cm³/mol. The van der Waals surface area contributed by atoms with Crippen LogP contribution in [0.3, 0.4) is 0 Å². The van der Waals surface area contributed by atoms with Crippen molar-refractivity contribution in [2.75, 3.05) is 26.3 Å². The molecular formula is C13H15NO4. The van der Waals surface area contributed by atoms with Gasteiger partial charge in [-0.2, -0.15) is 0 Å². The molecule has 0 saturated heterocycles. The summed E-state index contributed by atoms with van der Waals surface area (Å²) < 4.78 is 4.94. The Bertz CT molecular complexity index is 458. The number of carboxylic acids is 1.